The van der Waals surface area contributed by atoms with Crippen molar-refractivity contribution in [3.05, 3.63) is 46.7 Å². The summed E-state index contributed by atoms with van der Waals surface area (Å²) in [7, 11) is 1.51. The highest BCUT2D eigenvalue weighted by atomic mass is 32.1. The minimum atomic E-state index is -0.605. The summed E-state index contributed by atoms with van der Waals surface area (Å²) in [5.41, 5.74) is 1.01. The molecule has 0 spiro atoms. The normalized spacial score (nSPS) is 10.1. The molecular weight excluding hydrogens is 370 g/mol. The Kier molecular flexibility index (Phi) is 8.27. The lowest BCUT2D eigenvalue weighted by atomic mass is 10.2. The number of nitrogens with one attached hydrogen (secondary N) is 3. The zero-order chi connectivity index (χ0) is 19.5. The third kappa shape index (κ3) is 7.47. The molecule has 0 aliphatic rings. The van der Waals surface area contributed by atoms with Crippen LogP contribution in [0.2, 0.25) is 0 Å². The van der Waals surface area contributed by atoms with Crippen LogP contribution in [-0.4, -0.2) is 44.8 Å². The number of hydrogen-bond donors (Lipinski definition) is 3. The molecule has 27 heavy (non-hydrogen) atoms. The van der Waals surface area contributed by atoms with Gasteiger partial charge in [0.1, 0.15) is 6.61 Å². The maximum atomic E-state index is 12.0. The smallest absolute Gasteiger partial charge is 0.411 e. The zero-order valence-electron chi connectivity index (χ0n) is 14.8. The van der Waals surface area contributed by atoms with Crippen molar-refractivity contribution in [1.29, 1.82) is 0 Å². The van der Waals surface area contributed by atoms with Crippen LogP contribution in [0.4, 0.5) is 16.2 Å². The molecule has 1 heterocycles. The van der Waals surface area contributed by atoms with Crippen molar-refractivity contribution in [3.8, 4) is 0 Å². The Balaban J connectivity index is 1.75. The van der Waals surface area contributed by atoms with E-state index in [0.29, 0.717) is 22.9 Å². The van der Waals surface area contributed by atoms with E-state index in [0.717, 1.165) is 0 Å². The van der Waals surface area contributed by atoms with Gasteiger partial charge in [0.25, 0.3) is 5.91 Å². The zero-order valence-corrected chi connectivity index (χ0v) is 15.6. The Morgan fingerprint density at radius 3 is 2.52 bits per heavy atom. The summed E-state index contributed by atoms with van der Waals surface area (Å²) in [6, 6.07) is 10.2. The van der Waals surface area contributed by atoms with E-state index >= 15 is 0 Å². The largest absolute Gasteiger partial charge is 0.447 e. The Morgan fingerprint density at radius 1 is 1.04 bits per heavy atom. The summed E-state index contributed by atoms with van der Waals surface area (Å²) in [5.74, 6) is -0.447. The lowest BCUT2D eigenvalue weighted by Gasteiger charge is -2.09. The van der Waals surface area contributed by atoms with Gasteiger partial charge in [-0.05, 0) is 29.6 Å². The number of ether oxygens (including phenoxy) is 2. The predicted octanol–water partition coefficient (Wildman–Crippen LogP) is 2.70. The third-order valence-electron chi connectivity index (χ3n) is 3.30. The number of methoxy groups -OCH3 is 1. The summed E-state index contributed by atoms with van der Waals surface area (Å²) in [5, 5.41) is 9.79. The topological polar surface area (TPSA) is 106 Å². The first-order chi connectivity index (χ1) is 13.1. The standard InChI is InChI=1S/C18H21N3O5S/c1-25-9-10-26-18(24)21-14-5-2-4-13(12-14)20-16(22)7-8-19-17(23)15-6-3-11-27-15/h2-6,11-12H,7-10H2,1H3,(H,19,23)(H,20,22)(H,21,24). The molecular formula is C18H21N3O5S. The van der Waals surface area contributed by atoms with Crippen LogP contribution in [0.1, 0.15) is 16.1 Å². The van der Waals surface area contributed by atoms with Gasteiger partial charge in [-0.1, -0.05) is 12.1 Å². The van der Waals surface area contributed by atoms with E-state index in [1.807, 2.05) is 5.38 Å². The number of thiophene rings is 1. The van der Waals surface area contributed by atoms with Crippen molar-refractivity contribution in [1.82, 2.24) is 5.32 Å². The second-order valence-electron chi connectivity index (χ2n) is 5.37. The van der Waals surface area contributed by atoms with Crippen LogP contribution in [0.5, 0.6) is 0 Å². The van der Waals surface area contributed by atoms with Crippen molar-refractivity contribution in [2.75, 3.05) is 37.5 Å². The number of rotatable bonds is 9. The van der Waals surface area contributed by atoms with E-state index in [1.165, 1.54) is 18.4 Å². The van der Waals surface area contributed by atoms with Crippen LogP contribution in [-0.2, 0) is 14.3 Å². The van der Waals surface area contributed by atoms with Gasteiger partial charge in [-0.3, -0.25) is 14.9 Å². The Labute approximate surface area is 160 Å². The highest BCUT2D eigenvalue weighted by Crippen LogP contribution is 2.15. The van der Waals surface area contributed by atoms with Gasteiger partial charge in [0, 0.05) is 31.5 Å². The van der Waals surface area contributed by atoms with Gasteiger partial charge in [-0.15, -0.1) is 11.3 Å². The second-order valence-corrected chi connectivity index (χ2v) is 6.31. The van der Waals surface area contributed by atoms with Crippen LogP contribution in [0.15, 0.2) is 41.8 Å². The Hall–Kier alpha value is -2.91. The fourth-order valence-electron chi connectivity index (χ4n) is 2.05. The predicted molar refractivity (Wildman–Crippen MR) is 103 cm³/mol. The first-order valence-corrected chi connectivity index (χ1v) is 9.11. The second kappa shape index (κ2) is 10.9. The molecule has 1 aromatic carbocycles. The van der Waals surface area contributed by atoms with Crippen LogP contribution in [0, 0.1) is 0 Å². The van der Waals surface area contributed by atoms with Gasteiger partial charge in [-0.25, -0.2) is 4.79 Å². The molecule has 2 aromatic rings. The lowest BCUT2D eigenvalue weighted by Crippen LogP contribution is -2.27. The quantitative estimate of drug-likeness (QED) is 0.570. The van der Waals surface area contributed by atoms with Gasteiger partial charge in [0.2, 0.25) is 5.91 Å². The minimum absolute atomic E-state index is 0.133. The summed E-state index contributed by atoms with van der Waals surface area (Å²) in [6.45, 7) is 0.689. The van der Waals surface area contributed by atoms with Crippen LogP contribution >= 0.6 is 11.3 Å². The first kappa shape index (κ1) is 20.4. The number of hydrogen-bond acceptors (Lipinski definition) is 6. The van der Waals surface area contributed by atoms with Gasteiger partial charge in [0.05, 0.1) is 11.5 Å². The van der Waals surface area contributed by atoms with Crippen molar-refractivity contribution in [3.63, 3.8) is 0 Å². The average molecular weight is 391 g/mol. The minimum Gasteiger partial charge on any atom is -0.447 e. The van der Waals surface area contributed by atoms with E-state index < -0.39 is 6.09 Å². The van der Waals surface area contributed by atoms with Crippen molar-refractivity contribution >= 4 is 40.6 Å². The van der Waals surface area contributed by atoms with Crippen LogP contribution < -0.4 is 16.0 Å². The molecule has 0 radical (unpaired) electrons. The molecule has 0 atom stereocenters. The molecule has 0 saturated carbocycles. The van der Waals surface area contributed by atoms with Crippen molar-refractivity contribution < 1.29 is 23.9 Å². The number of carbonyl (C=O) groups is 3. The van der Waals surface area contributed by atoms with Gasteiger partial charge >= 0.3 is 6.09 Å². The molecule has 1 aromatic heterocycles. The van der Waals surface area contributed by atoms with E-state index in [-0.39, 0.29) is 31.4 Å². The number of amides is 3. The molecule has 9 heteroatoms. The molecule has 2 rings (SSSR count). The molecule has 0 aliphatic heterocycles. The molecule has 0 unspecified atom stereocenters. The summed E-state index contributed by atoms with van der Waals surface area (Å²) < 4.78 is 9.71. The Bertz CT molecular complexity index is 764. The van der Waals surface area contributed by atoms with Gasteiger partial charge < -0.3 is 20.1 Å². The summed E-state index contributed by atoms with van der Waals surface area (Å²) in [6.07, 6.45) is -0.472. The molecule has 3 N–H and O–H groups in total. The average Bonchev–Trinajstić information content (AvgIpc) is 3.17. The SMILES string of the molecule is COCCOC(=O)Nc1cccc(NC(=O)CCNC(=O)c2cccs2)c1. The summed E-state index contributed by atoms with van der Waals surface area (Å²) in [4.78, 5) is 36.0. The van der Waals surface area contributed by atoms with E-state index in [4.69, 9.17) is 9.47 Å². The van der Waals surface area contributed by atoms with Gasteiger partial charge in [0.15, 0.2) is 0 Å². The number of anilines is 2. The first-order valence-electron chi connectivity index (χ1n) is 8.23. The highest BCUT2D eigenvalue weighted by molar-refractivity contribution is 7.12. The molecule has 0 saturated heterocycles. The van der Waals surface area contributed by atoms with E-state index in [2.05, 4.69) is 16.0 Å². The monoisotopic (exact) mass is 391 g/mol. The third-order valence-corrected chi connectivity index (χ3v) is 4.16. The highest BCUT2D eigenvalue weighted by Gasteiger charge is 2.08. The van der Waals surface area contributed by atoms with Crippen molar-refractivity contribution in [2.24, 2.45) is 0 Å². The molecule has 8 nitrogen and oxygen atoms in total. The molecule has 144 valence electrons. The van der Waals surface area contributed by atoms with Crippen LogP contribution in [0.25, 0.3) is 0 Å². The van der Waals surface area contributed by atoms with Crippen LogP contribution in [0.3, 0.4) is 0 Å². The van der Waals surface area contributed by atoms with E-state index in [1.54, 1.807) is 36.4 Å². The summed E-state index contributed by atoms with van der Waals surface area (Å²) >= 11 is 1.34. The maximum Gasteiger partial charge on any atom is 0.411 e. The van der Waals surface area contributed by atoms with E-state index in [9.17, 15) is 14.4 Å². The number of benzene rings is 1. The molecule has 0 bridgehead atoms. The number of carbonyl (C=O) groups excluding carboxylic acids is 3. The Morgan fingerprint density at radius 2 is 1.81 bits per heavy atom. The van der Waals surface area contributed by atoms with Gasteiger partial charge in [-0.2, -0.15) is 0 Å². The fourth-order valence-corrected chi connectivity index (χ4v) is 2.69. The molecule has 0 aliphatic carbocycles. The molecule has 3 amide bonds. The lowest BCUT2D eigenvalue weighted by molar-refractivity contribution is -0.116. The molecule has 0 fully saturated rings. The fraction of sp³-hybridized carbons (Fsp3) is 0.278. The maximum absolute atomic E-state index is 12.0. The van der Waals surface area contributed by atoms with Crippen molar-refractivity contribution in [2.45, 2.75) is 6.42 Å².